The highest BCUT2D eigenvalue weighted by Gasteiger charge is 2.19. The van der Waals surface area contributed by atoms with Crippen molar-refractivity contribution in [1.82, 2.24) is 5.43 Å². The number of benzene rings is 2. The summed E-state index contributed by atoms with van der Waals surface area (Å²) in [6.45, 7) is 0. The van der Waals surface area contributed by atoms with E-state index in [2.05, 4.69) is 10.5 Å². The molecule has 2 aromatic carbocycles. The quantitative estimate of drug-likeness (QED) is 0.242. The number of hydrogen-bond acceptors (Lipinski definition) is 6. The van der Waals surface area contributed by atoms with Gasteiger partial charge in [0.05, 0.1) is 16.2 Å². The van der Waals surface area contributed by atoms with Gasteiger partial charge in [-0.2, -0.15) is 5.10 Å². The molecule has 4 rings (SSSR count). The maximum Gasteiger partial charge on any atom is 0.307 e. The van der Waals surface area contributed by atoms with Gasteiger partial charge < -0.3 is 8.83 Å². The van der Waals surface area contributed by atoms with Gasteiger partial charge in [-0.15, -0.1) is 0 Å². The lowest BCUT2D eigenvalue weighted by molar-refractivity contribution is -0.384. The van der Waals surface area contributed by atoms with E-state index in [9.17, 15) is 14.9 Å². The molecule has 0 aliphatic heterocycles. The van der Waals surface area contributed by atoms with Crippen LogP contribution in [0.1, 0.15) is 16.3 Å². The zero-order valence-corrected chi connectivity index (χ0v) is 16.5. The molecule has 0 saturated carbocycles. The number of carbonyl (C=O) groups is 1. The normalized spacial score (nSPS) is 11.3. The Morgan fingerprint density at radius 2 is 1.87 bits per heavy atom. The molecule has 1 amide bonds. The number of hydrogen-bond donors (Lipinski definition) is 1. The van der Waals surface area contributed by atoms with Crippen LogP contribution in [-0.2, 0) is 0 Å². The highest BCUT2D eigenvalue weighted by molar-refractivity contribution is 6.37. The molecule has 0 atom stereocenters. The molecule has 150 valence electrons. The summed E-state index contributed by atoms with van der Waals surface area (Å²) in [5.74, 6) is 0.174. The van der Waals surface area contributed by atoms with Gasteiger partial charge in [0.15, 0.2) is 5.76 Å². The third-order valence-corrected chi connectivity index (χ3v) is 4.75. The molecule has 0 unspecified atom stereocenters. The molecule has 10 heteroatoms. The van der Waals surface area contributed by atoms with Crippen LogP contribution >= 0.6 is 23.2 Å². The Labute approximate surface area is 178 Å². The van der Waals surface area contributed by atoms with Gasteiger partial charge in [0.1, 0.15) is 22.1 Å². The minimum absolute atomic E-state index is 0.0737. The summed E-state index contributed by atoms with van der Waals surface area (Å²) in [6.07, 6.45) is 1.28. The first-order valence-corrected chi connectivity index (χ1v) is 9.23. The van der Waals surface area contributed by atoms with Crippen LogP contribution in [0, 0.1) is 10.1 Å². The number of nitro groups is 1. The summed E-state index contributed by atoms with van der Waals surface area (Å²) >= 11 is 12.0. The lowest BCUT2D eigenvalue weighted by atomic mass is 10.1. The number of amides is 1. The molecule has 1 N–H and O–H groups in total. The van der Waals surface area contributed by atoms with E-state index in [0.717, 1.165) is 5.39 Å². The predicted molar refractivity (Wildman–Crippen MR) is 112 cm³/mol. The molecule has 2 aromatic heterocycles. The highest BCUT2D eigenvalue weighted by Crippen LogP contribution is 2.37. The molecule has 0 fully saturated rings. The van der Waals surface area contributed by atoms with E-state index in [4.69, 9.17) is 32.0 Å². The highest BCUT2D eigenvalue weighted by atomic mass is 35.5. The first kappa shape index (κ1) is 19.7. The lowest BCUT2D eigenvalue weighted by Crippen LogP contribution is -2.16. The second-order valence-electron chi connectivity index (χ2n) is 6.09. The van der Waals surface area contributed by atoms with E-state index >= 15 is 0 Å². The topological polar surface area (TPSA) is 111 Å². The van der Waals surface area contributed by atoms with E-state index in [1.165, 1.54) is 18.3 Å². The van der Waals surface area contributed by atoms with Crippen LogP contribution in [0.2, 0.25) is 10.0 Å². The zero-order chi connectivity index (χ0) is 21.3. The summed E-state index contributed by atoms with van der Waals surface area (Å²) in [4.78, 5) is 22.6. The minimum atomic E-state index is -0.610. The Kier molecular flexibility index (Phi) is 5.26. The smallest absolute Gasteiger partial charge is 0.307 e. The van der Waals surface area contributed by atoms with Gasteiger partial charge in [-0.3, -0.25) is 14.9 Å². The standard InChI is InChI=1S/C20H11Cl2N3O5/c21-14-9-15(22)16(25(27)28)8-13(14)18-6-5-12(29-18)10-23-24-20(26)19-7-11-3-1-2-4-17(11)30-19/h1-10H,(H,24,26)/b23-10+. The van der Waals surface area contributed by atoms with Gasteiger partial charge in [-0.05, 0) is 30.3 Å². The molecule has 0 aliphatic carbocycles. The molecule has 0 radical (unpaired) electrons. The molecule has 2 heterocycles. The largest absolute Gasteiger partial charge is 0.455 e. The van der Waals surface area contributed by atoms with Crippen molar-refractivity contribution in [2.75, 3.05) is 0 Å². The average molecular weight is 444 g/mol. The third kappa shape index (κ3) is 3.91. The Morgan fingerprint density at radius 1 is 1.07 bits per heavy atom. The number of nitrogens with one attached hydrogen (secondary N) is 1. The molecule has 4 aromatic rings. The second-order valence-corrected chi connectivity index (χ2v) is 6.90. The number of nitro benzene ring substituents is 1. The van der Waals surface area contributed by atoms with Gasteiger partial charge in [0, 0.05) is 17.0 Å². The Balaban J connectivity index is 1.49. The van der Waals surface area contributed by atoms with Crippen molar-refractivity contribution >= 4 is 52.0 Å². The monoisotopic (exact) mass is 443 g/mol. The molecule has 0 saturated heterocycles. The van der Waals surface area contributed by atoms with E-state index in [0.29, 0.717) is 16.9 Å². The van der Waals surface area contributed by atoms with Crippen LogP contribution in [0.4, 0.5) is 5.69 Å². The van der Waals surface area contributed by atoms with Crippen LogP contribution in [0.5, 0.6) is 0 Å². The molecular formula is C20H11Cl2N3O5. The van der Waals surface area contributed by atoms with Crippen molar-refractivity contribution in [3.63, 3.8) is 0 Å². The van der Waals surface area contributed by atoms with E-state index < -0.39 is 10.8 Å². The maximum absolute atomic E-state index is 12.2. The molecule has 0 aliphatic rings. The number of furan rings is 2. The van der Waals surface area contributed by atoms with E-state index in [-0.39, 0.29) is 27.3 Å². The molecule has 0 bridgehead atoms. The van der Waals surface area contributed by atoms with Crippen LogP contribution < -0.4 is 5.43 Å². The Morgan fingerprint density at radius 3 is 2.63 bits per heavy atom. The van der Waals surface area contributed by atoms with E-state index in [1.807, 2.05) is 18.2 Å². The third-order valence-electron chi connectivity index (χ3n) is 4.13. The van der Waals surface area contributed by atoms with Crippen LogP contribution in [0.15, 0.2) is 68.5 Å². The van der Waals surface area contributed by atoms with Crippen LogP contribution in [0.3, 0.4) is 0 Å². The van der Waals surface area contributed by atoms with E-state index in [1.54, 1.807) is 24.3 Å². The summed E-state index contributed by atoms with van der Waals surface area (Å²) in [7, 11) is 0. The van der Waals surface area contributed by atoms with Crippen molar-refractivity contribution in [3.8, 4) is 11.3 Å². The molecule has 0 spiro atoms. The van der Waals surface area contributed by atoms with Crippen molar-refractivity contribution < 1.29 is 18.6 Å². The fraction of sp³-hybridized carbons (Fsp3) is 0. The SMILES string of the molecule is O=C(N/N=C/c1ccc(-c2cc([N+](=O)[O-])c(Cl)cc2Cl)o1)c1cc2ccccc2o1. The fourth-order valence-corrected chi connectivity index (χ4v) is 3.28. The van der Waals surface area contributed by atoms with Crippen molar-refractivity contribution in [2.24, 2.45) is 5.10 Å². The Hall–Kier alpha value is -3.62. The summed E-state index contributed by atoms with van der Waals surface area (Å²) in [5.41, 5.74) is 2.95. The van der Waals surface area contributed by atoms with Crippen molar-refractivity contribution in [3.05, 3.63) is 86.3 Å². The van der Waals surface area contributed by atoms with Crippen molar-refractivity contribution in [2.45, 2.75) is 0 Å². The summed E-state index contributed by atoms with van der Waals surface area (Å²) in [5, 5.41) is 15.8. The predicted octanol–water partition coefficient (Wildman–Crippen LogP) is 5.67. The number of rotatable bonds is 5. The number of halogens is 2. The lowest BCUT2D eigenvalue weighted by Gasteiger charge is -2.02. The molecule has 8 nitrogen and oxygen atoms in total. The van der Waals surface area contributed by atoms with Gasteiger partial charge in [-0.1, -0.05) is 41.4 Å². The Bertz CT molecular complexity index is 1280. The van der Waals surface area contributed by atoms with Crippen LogP contribution in [0.25, 0.3) is 22.3 Å². The summed E-state index contributed by atoms with van der Waals surface area (Å²) < 4.78 is 11.0. The number of nitrogens with zero attached hydrogens (tertiary/aromatic N) is 2. The fourth-order valence-electron chi connectivity index (χ4n) is 2.74. The van der Waals surface area contributed by atoms with Gasteiger partial charge >= 0.3 is 5.91 Å². The maximum atomic E-state index is 12.2. The number of para-hydroxylation sites is 1. The van der Waals surface area contributed by atoms with Crippen LogP contribution in [-0.4, -0.2) is 17.0 Å². The number of hydrazone groups is 1. The first-order chi connectivity index (χ1) is 14.4. The van der Waals surface area contributed by atoms with Gasteiger partial charge in [0.25, 0.3) is 5.69 Å². The van der Waals surface area contributed by atoms with Gasteiger partial charge in [0.2, 0.25) is 0 Å². The summed E-state index contributed by atoms with van der Waals surface area (Å²) in [6, 6.07) is 14.5. The number of carbonyl (C=O) groups excluding carboxylic acids is 1. The number of fused-ring (bicyclic) bond motifs is 1. The molecular weight excluding hydrogens is 433 g/mol. The average Bonchev–Trinajstić information content (AvgIpc) is 3.34. The van der Waals surface area contributed by atoms with Crippen molar-refractivity contribution in [1.29, 1.82) is 0 Å². The second kappa shape index (κ2) is 8.02. The first-order valence-electron chi connectivity index (χ1n) is 8.48. The molecule has 30 heavy (non-hydrogen) atoms. The van der Waals surface area contributed by atoms with Gasteiger partial charge in [-0.25, -0.2) is 5.43 Å². The zero-order valence-electron chi connectivity index (χ0n) is 15.0. The minimum Gasteiger partial charge on any atom is -0.455 e.